The van der Waals surface area contributed by atoms with Crippen LogP contribution in [0.4, 0.5) is 13.2 Å². The van der Waals surface area contributed by atoms with Gasteiger partial charge < -0.3 is 19.9 Å². The monoisotopic (exact) mass is 508 g/mol. The highest BCUT2D eigenvalue weighted by Crippen LogP contribution is 2.35. The Kier molecular flexibility index (Phi) is 6.26. The second-order valence-electron chi connectivity index (χ2n) is 9.29. The molecule has 192 valence electrons. The number of imidazole rings is 1. The molecule has 0 amide bonds. The molecule has 1 aliphatic rings. The fourth-order valence-corrected chi connectivity index (χ4v) is 4.96. The van der Waals surface area contributed by atoms with Crippen LogP contribution < -0.4 is 10.5 Å². The molecule has 0 unspecified atom stereocenters. The van der Waals surface area contributed by atoms with Crippen molar-refractivity contribution < 1.29 is 17.9 Å². The van der Waals surface area contributed by atoms with Gasteiger partial charge in [-0.15, -0.1) is 0 Å². The predicted octanol–water partition coefficient (Wildman–Crippen LogP) is 5.38. The van der Waals surface area contributed by atoms with Crippen LogP contribution in [0.2, 0.25) is 0 Å². The van der Waals surface area contributed by atoms with Gasteiger partial charge in [0.05, 0.1) is 23.4 Å². The van der Waals surface area contributed by atoms with E-state index in [1.54, 1.807) is 37.3 Å². The first-order chi connectivity index (χ1) is 17.6. The molecule has 0 spiro atoms. The van der Waals surface area contributed by atoms with Crippen LogP contribution in [0.1, 0.15) is 36.7 Å². The van der Waals surface area contributed by atoms with Crippen LogP contribution in [-0.4, -0.2) is 45.3 Å². The Morgan fingerprint density at radius 1 is 1.05 bits per heavy atom. The summed E-state index contributed by atoms with van der Waals surface area (Å²) in [5.74, 6) is -0.0687. The van der Waals surface area contributed by atoms with Gasteiger partial charge in [-0.1, -0.05) is 36.4 Å². The van der Waals surface area contributed by atoms with E-state index in [-0.39, 0.29) is 24.0 Å². The van der Waals surface area contributed by atoms with E-state index in [4.69, 9.17) is 21.3 Å². The Balaban J connectivity index is 1.53. The molecule has 0 saturated carbocycles. The number of fused-ring (bicyclic) bond motifs is 2. The molecule has 10 heteroatoms. The summed E-state index contributed by atoms with van der Waals surface area (Å²) in [6, 6.07) is 15.5. The second kappa shape index (κ2) is 9.42. The first kappa shape index (κ1) is 24.6. The fraction of sp³-hybridized carbons (Fsp3) is 0.296. The number of hydrogen-bond acceptors (Lipinski definition) is 4. The minimum Gasteiger partial charge on any atom is -0.490 e. The lowest BCUT2D eigenvalue weighted by atomic mass is 9.99. The molecular formula is C27H27F3N6O. The van der Waals surface area contributed by atoms with E-state index >= 15 is 0 Å². The topological polar surface area (TPSA) is 104 Å². The van der Waals surface area contributed by atoms with Crippen LogP contribution in [0.3, 0.4) is 0 Å². The molecule has 3 aromatic carbocycles. The lowest BCUT2D eigenvalue weighted by Gasteiger charge is -2.32. The number of aromatic nitrogens is 2. The van der Waals surface area contributed by atoms with Crippen molar-refractivity contribution in [3.63, 3.8) is 0 Å². The van der Waals surface area contributed by atoms with E-state index in [0.717, 1.165) is 18.2 Å². The third-order valence-electron chi connectivity index (χ3n) is 6.83. The number of amidine groups is 2. The summed E-state index contributed by atoms with van der Waals surface area (Å²) in [6.07, 6.45) is -3.26. The standard InChI is InChI=1S/C27H27F3N6O/c1-16(31)35-12-10-18(11-13-35)37-19-7-9-23-24(14-19)36(26(34-23)27(28,29)30)15-17-6-8-22(25(32)33)21-5-3-2-4-20(17)21/h2-9,14,18,31H,10-13,15H2,1H3,(H3,32,33). The van der Waals surface area contributed by atoms with Gasteiger partial charge in [0.2, 0.25) is 5.82 Å². The number of ether oxygens (including phenoxy) is 1. The zero-order valence-corrected chi connectivity index (χ0v) is 20.3. The molecule has 5 rings (SSSR count). The predicted molar refractivity (Wildman–Crippen MR) is 137 cm³/mol. The number of alkyl halides is 3. The minimum absolute atomic E-state index is 0.0650. The van der Waals surface area contributed by atoms with Gasteiger partial charge in [0.15, 0.2) is 0 Å². The maximum atomic E-state index is 14.1. The zero-order chi connectivity index (χ0) is 26.3. The first-order valence-electron chi connectivity index (χ1n) is 12.0. The Morgan fingerprint density at radius 2 is 1.76 bits per heavy atom. The molecule has 0 atom stereocenters. The number of nitrogens with one attached hydrogen (secondary N) is 2. The van der Waals surface area contributed by atoms with Crippen molar-refractivity contribution in [3.8, 4) is 5.75 Å². The molecule has 4 N–H and O–H groups in total. The minimum atomic E-state index is -4.65. The summed E-state index contributed by atoms with van der Waals surface area (Å²) in [4.78, 5) is 5.90. The number of nitrogens with two attached hydrogens (primary N) is 1. The SMILES string of the molecule is CC(=N)N1CCC(Oc2ccc3nc(C(F)(F)F)n(Cc4ccc(C(=N)N)c5ccccc45)c3c2)CC1. The van der Waals surface area contributed by atoms with Gasteiger partial charge in [-0.05, 0) is 35.4 Å². The Bertz CT molecular complexity index is 1500. The normalized spacial score (nSPS) is 14.9. The molecule has 1 fully saturated rings. The molecular weight excluding hydrogens is 481 g/mol. The fourth-order valence-electron chi connectivity index (χ4n) is 4.96. The van der Waals surface area contributed by atoms with Crippen LogP contribution in [0.15, 0.2) is 54.6 Å². The van der Waals surface area contributed by atoms with E-state index in [0.29, 0.717) is 46.7 Å². The Labute approximate surface area is 211 Å². The molecule has 4 aromatic rings. The van der Waals surface area contributed by atoms with Gasteiger partial charge in [0.1, 0.15) is 17.7 Å². The first-order valence-corrected chi connectivity index (χ1v) is 12.0. The van der Waals surface area contributed by atoms with E-state index < -0.39 is 12.0 Å². The van der Waals surface area contributed by atoms with Gasteiger partial charge in [0, 0.05) is 37.6 Å². The summed E-state index contributed by atoms with van der Waals surface area (Å²) < 4.78 is 49.5. The number of halogens is 3. The van der Waals surface area contributed by atoms with Crippen LogP contribution in [0.25, 0.3) is 21.8 Å². The van der Waals surface area contributed by atoms with Gasteiger partial charge in [-0.2, -0.15) is 13.2 Å². The summed E-state index contributed by atoms with van der Waals surface area (Å²) in [5, 5.41) is 17.1. The van der Waals surface area contributed by atoms with Gasteiger partial charge in [-0.3, -0.25) is 10.8 Å². The number of hydrogen-bond donors (Lipinski definition) is 3. The molecule has 0 aliphatic carbocycles. The highest BCUT2D eigenvalue weighted by Gasteiger charge is 2.38. The molecule has 0 radical (unpaired) electrons. The summed E-state index contributed by atoms with van der Waals surface area (Å²) >= 11 is 0. The molecule has 7 nitrogen and oxygen atoms in total. The second-order valence-corrected chi connectivity index (χ2v) is 9.29. The van der Waals surface area contributed by atoms with E-state index in [2.05, 4.69) is 4.98 Å². The number of nitrogens with zero attached hydrogens (tertiary/aromatic N) is 3. The zero-order valence-electron chi connectivity index (χ0n) is 20.3. The van der Waals surface area contributed by atoms with Crippen LogP contribution in [-0.2, 0) is 12.7 Å². The summed E-state index contributed by atoms with van der Waals surface area (Å²) in [7, 11) is 0. The van der Waals surface area contributed by atoms with Crippen molar-refractivity contribution in [2.45, 2.75) is 38.6 Å². The third-order valence-corrected chi connectivity index (χ3v) is 6.83. The lowest BCUT2D eigenvalue weighted by Crippen LogP contribution is -2.40. The van der Waals surface area contributed by atoms with Crippen LogP contribution in [0, 0.1) is 10.8 Å². The highest BCUT2D eigenvalue weighted by molar-refractivity contribution is 6.08. The van der Waals surface area contributed by atoms with Crippen LogP contribution >= 0.6 is 0 Å². The van der Waals surface area contributed by atoms with Crippen molar-refractivity contribution in [2.24, 2.45) is 5.73 Å². The van der Waals surface area contributed by atoms with Crippen molar-refractivity contribution in [1.82, 2.24) is 14.5 Å². The largest absolute Gasteiger partial charge is 0.490 e. The molecule has 1 saturated heterocycles. The van der Waals surface area contributed by atoms with E-state index in [1.165, 1.54) is 4.57 Å². The number of nitrogen functional groups attached to an aromatic ring is 1. The van der Waals surface area contributed by atoms with E-state index in [9.17, 15) is 13.2 Å². The number of rotatable bonds is 5. The Morgan fingerprint density at radius 3 is 2.41 bits per heavy atom. The van der Waals surface area contributed by atoms with Crippen molar-refractivity contribution >= 4 is 33.5 Å². The maximum Gasteiger partial charge on any atom is 0.449 e. The summed E-state index contributed by atoms with van der Waals surface area (Å²) in [6.45, 7) is 3.11. The molecule has 2 heterocycles. The molecule has 1 aliphatic heterocycles. The number of likely N-dealkylation sites (tertiary alicyclic amines) is 1. The quantitative estimate of drug-likeness (QED) is 0.249. The van der Waals surface area contributed by atoms with Gasteiger partial charge in [0.25, 0.3) is 0 Å². The average Bonchev–Trinajstić information content (AvgIpc) is 3.22. The highest BCUT2D eigenvalue weighted by atomic mass is 19.4. The number of benzene rings is 3. The van der Waals surface area contributed by atoms with Crippen molar-refractivity contribution in [1.29, 1.82) is 10.8 Å². The average molecular weight is 509 g/mol. The molecule has 37 heavy (non-hydrogen) atoms. The van der Waals surface area contributed by atoms with E-state index in [1.807, 2.05) is 29.2 Å². The maximum absolute atomic E-state index is 14.1. The summed E-state index contributed by atoms with van der Waals surface area (Å²) in [5.41, 5.74) is 7.49. The lowest BCUT2D eigenvalue weighted by molar-refractivity contribution is -0.146. The smallest absolute Gasteiger partial charge is 0.449 e. The van der Waals surface area contributed by atoms with Crippen molar-refractivity contribution in [3.05, 3.63) is 71.5 Å². The molecule has 1 aromatic heterocycles. The van der Waals surface area contributed by atoms with Gasteiger partial charge in [-0.25, -0.2) is 4.98 Å². The number of piperidine rings is 1. The van der Waals surface area contributed by atoms with Crippen LogP contribution in [0.5, 0.6) is 5.75 Å². The Hall–Kier alpha value is -4.08. The third kappa shape index (κ3) is 4.83. The molecule has 0 bridgehead atoms. The van der Waals surface area contributed by atoms with Crippen molar-refractivity contribution in [2.75, 3.05) is 13.1 Å². The van der Waals surface area contributed by atoms with Gasteiger partial charge >= 0.3 is 6.18 Å².